The van der Waals surface area contributed by atoms with Crippen molar-refractivity contribution in [3.05, 3.63) is 240 Å². The first-order valence-corrected chi connectivity index (χ1v) is 28.8. The third kappa shape index (κ3) is 27.0. The van der Waals surface area contributed by atoms with Crippen LogP contribution >= 0.6 is 0 Å². The molecule has 0 aliphatic carbocycles. The first-order chi connectivity index (χ1) is 39.9. The molecule has 0 radical (unpaired) electrons. The van der Waals surface area contributed by atoms with Gasteiger partial charge in [-0.05, 0) is 192 Å². The van der Waals surface area contributed by atoms with Gasteiger partial charge in [0.1, 0.15) is 0 Å². The van der Waals surface area contributed by atoms with Crippen molar-refractivity contribution in [2.24, 2.45) is 23.7 Å². The zero-order chi connectivity index (χ0) is 62.1. The molecule has 8 aromatic rings. The van der Waals surface area contributed by atoms with Gasteiger partial charge in [-0.15, -0.1) is 0 Å². The molecule has 0 saturated carbocycles. The number of rotatable bonds is 18. The molecule has 0 aliphatic rings. The third-order valence-electron chi connectivity index (χ3n) is 13.4. The van der Waals surface area contributed by atoms with Crippen LogP contribution in [-0.2, 0) is 44.9 Å². The number of carbonyl (C=O) groups is 4. The first kappa shape index (κ1) is 69.6. The van der Waals surface area contributed by atoms with Gasteiger partial charge in [0.05, 0.1) is 23.7 Å². The van der Waals surface area contributed by atoms with Crippen molar-refractivity contribution in [3.63, 3.8) is 0 Å². The monoisotopic (exact) mass is 1140 g/mol. The lowest BCUT2D eigenvalue weighted by Gasteiger charge is -2.09. The quantitative estimate of drug-likeness (QED) is 0.0634. The fourth-order valence-electron chi connectivity index (χ4n) is 8.40. The van der Waals surface area contributed by atoms with Crippen molar-refractivity contribution < 1.29 is 39.6 Å². The molecule has 4 aromatic carbocycles. The Morgan fingerprint density at radius 1 is 0.262 bits per heavy atom. The Kier molecular flexibility index (Phi) is 31.0. The highest BCUT2D eigenvalue weighted by atomic mass is 16.4. The smallest absolute Gasteiger partial charge is 0.310 e. The summed E-state index contributed by atoms with van der Waals surface area (Å²) in [7, 11) is 0. The molecule has 12 heteroatoms. The summed E-state index contributed by atoms with van der Waals surface area (Å²) < 4.78 is 0. The SMILES string of the molecule is CC(C)Cc1ccc([C@H](C)C(=O)O)cc1.CC(C)Cc1ccc([C@H](C)C(=O)O)cc1.CC(C)Cc1ccc([C@H](C)C(=O)O)cc1.CC(C)Cc1ccc([C@H](C)C(=O)O)cc1.c1cc(-c2ccncc2)ccn1.c1cc(-c2ccncc2)ccn1. The molecule has 0 aliphatic heterocycles. The highest BCUT2D eigenvalue weighted by molar-refractivity contribution is 5.77. The molecule has 4 aromatic heterocycles. The molecule has 8 rings (SSSR count). The maximum absolute atomic E-state index is 10.8. The van der Waals surface area contributed by atoms with Crippen molar-refractivity contribution in [3.8, 4) is 22.3 Å². The minimum absolute atomic E-state index is 0.418. The van der Waals surface area contributed by atoms with E-state index in [0.717, 1.165) is 47.9 Å². The Hall–Kier alpha value is -8.64. The van der Waals surface area contributed by atoms with E-state index in [1.165, 1.54) is 44.5 Å². The fraction of sp³-hybridized carbons (Fsp3) is 0.333. The first-order valence-electron chi connectivity index (χ1n) is 28.8. The molecule has 84 heavy (non-hydrogen) atoms. The molecule has 0 unspecified atom stereocenters. The molecule has 4 atom stereocenters. The third-order valence-corrected chi connectivity index (χ3v) is 13.4. The van der Waals surface area contributed by atoms with Crippen molar-refractivity contribution in [2.75, 3.05) is 0 Å². The standard InChI is InChI=1S/4C13H18O2.2C10H8N2/c4*1-9(2)8-11-4-6-12(7-5-11)10(3)13(14)15;2*1-5-11-6-2-9(1)10-3-7-12-8-4-10/h4*4-7,9-10H,8H2,1-3H3,(H,14,15);2*1-8H/t4*10-;;/m0000../s1. The summed E-state index contributed by atoms with van der Waals surface area (Å²) in [5.41, 5.74) is 13.3. The number of hydrogen-bond acceptors (Lipinski definition) is 8. The van der Waals surface area contributed by atoms with Crippen LogP contribution in [0.1, 0.15) is 151 Å². The van der Waals surface area contributed by atoms with Crippen molar-refractivity contribution >= 4 is 23.9 Å². The van der Waals surface area contributed by atoms with Crippen LogP contribution in [-0.4, -0.2) is 64.2 Å². The van der Waals surface area contributed by atoms with E-state index in [-0.39, 0.29) is 0 Å². The van der Waals surface area contributed by atoms with Crippen LogP contribution in [0, 0.1) is 23.7 Å². The van der Waals surface area contributed by atoms with E-state index in [9.17, 15) is 19.2 Å². The molecule has 4 heterocycles. The Morgan fingerprint density at radius 2 is 0.405 bits per heavy atom. The number of carboxylic acids is 4. The summed E-state index contributed by atoms with van der Waals surface area (Å²) in [6, 6.07) is 47.3. The van der Waals surface area contributed by atoms with Crippen LogP contribution in [0.5, 0.6) is 0 Å². The van der Waals surface area contributed by atoms with E-state index in [4.69, 9.17) is 20.4 Å². The topological polar surface area (TPSA) is 201 Å². The molecule has 0 amide bonds. The number of aliphatic carboxylic acids is 4. The predicted octanol–water partition coefficient (Wildman–Crippen LogP) is 16.6. The normalized spacial score (nSPS) is 11.9. The predicted molar refractivity (Wildman–Crippen MR) is 339 cm³/mol. The van der Waals surface area contributed by atoms with Gasteiger partial charge in [0.25, 0.3) is 0 Å². The number of pyridine rings is 4. The Morgan fingerprint density at radius 3 is 0.524 bits per heavy atom. The van der Waals surface area contributed by atoms with Gasteiger partial charge in [-0.2, -0.15) is 0 Å². The Balaban J connectivity index is 0.000000265. The van der Waals surface area contributed by atoms with Gasteiger partial charge in [-0.25, -0.2) is 0 Å². The molecule has 0 bridgehead atoms. The highest BCUT2D eigenvalue weighted by Gasteiger charge is 2.16. The number of hydrogen-bond donors (Lipinski definition) is 4. The molecular formula is C72H88N4O8. The summed E-state index contributed by atoms with van der Waals surface area (Å²) in [5, 5.41) is 35.4. The second kappa shape index (κ2) is 37.5. The average molecular weight is 1140 g/mol. The van der Waals surface area contributed by atoms with E-state index < -0.39 is 47.5 Å². The number of carboxylic acid groups (broad SMARTS) is 4. The lowest BCUT2D eigenvalue weighted by molar-refractivity contribution is -0.139. The van der Waals surface area contributed by atoms with E-state index in [1.54, 1.807) is 77.3 Å². The van der Waals surface area contributed by atoms with Crippen LogP contribution in [0.3, 0.4) is 0 Å². The summed E-state index contributed by atoms with van der Waals surface area (Å²) in [6.07, 6.45) is 18.5. The fourth-order valence-corrected chi connectivity index (χ4v) is 8.40. The maximum atomic E-state index is 10.8. The van der Waals surface area contributed by atoms with Gasteiger partial charge in [-0.3, -0.25) is 39.1 Å². The van der Waals surface area contributed by atoms with Crippen molar-refractivity contribution in [1.82, 2.24) is 19.9 Å². The molecule has 444 valence electrons. The number of nitrogens with zero attached hydrogens (tertiary/aromatic N) is 4. The van der Waals surface area contributed by atoms with Crippen LogP contribution < -0.4 is 0 Å². The molecular weight excluding hydrogens is 1050 g/mol. The minimum Gasteiger partial charge on any atom is -0.481 e. The van der Waals surface area contributed by atoms with Gasteiger partial charge in [0.2, 0.25) is 0 Å². The number of aromatic nitrogens is 4. The molecule has 0 spiro atoms. The summed E-state index contributed by atoms with van der Waals surface area (Å²) in [4.78, 5) is 58.9. The lowest BCUT2D eigenvalue weighted by atomic mass is 9.97. The van der Waals surface area contributed by atoms with Crippen LogP contribution in [0.2, 0.25) is 0 Å². The Bertz CT molecular complexity index is 2670. The summed E-state index contributed by atoms with van der Waals surface area (Å²) in [5.74, 6) is -2.23. The van der Waals surface area contributed by atoms with E-state index in [2.05, 4.69) is 75.3 Å². The van der Waals surface area contributed by atoms with E-state index >= 15 is 0 Å². The van der Waals surface area contributed by atoms with Gasteiger partial charge in [0.15, 0.2) is 0 Å². The van der Waals surface area contributed by atoms with Gasteiger partial charge >= 0.3 is 23.9 Å². The summed E-state index contributed by atoms with van der Waals surface area (Å²) in [6.45, 7) is 24.2. The van der Waals surface area contributed by atoms with E-state index in [0.29, 0.717) is 23.7 Å². The van der Waals surface area contributed by atoms with E-state index in [1.807, 2.05) is 146 Å². The van der Waals surface area contributed by atoms with Gasteiger partial charge in [0, 0.05) is 49.6 Å². The second-order valence-electron chi connectivity index (χ2n) is 22.5. The van der Waals surface area contributed by atoms with Crippen molar-refractivity contribution in [1.29, 1.82) is 0 Å². The highest BCUT2D eigenvalue weighted by Crippen LogP contribution is 2.22. The molecule has 12 nitrogen and oxygen atoms in total. The van der Waals surface area contributed by atoms with Crippen LogP contribution in [0.15, 0.2) is 195 Å². The Labute approximate surface area is 499 Å². The zero-order valence-electron chi connectivity index (χ0n) is 51.1. The average Bonchev–Trinajstić information content (AvgIpc) is 3.63. The second-order valence-corrected chi connectivity index (χ2v) is 22.5. The van der Waals surface area contributed by atoms with Gasteiger partial charge in [-0.1, -0.05) is 152 Å². The minimum atomic E-state index is -0.772. The zero-order valence-corrected chi connectivity index (χ0v) is 51.1. The maximum Gasteiger partial charge on any atom is 0.310 e. The van der Waals surface area contributed by atoms with Crippen molar-refractivity contribution in [2.45, 2.75) is 132 Å². The number of benzene rings is 4. The van der Waals surface area contributed by atoms with Crippen LogP contribution in [0.4, 0.5) is 0 Å². The molecule has 0 saturated heterocycles. The van der Waals surface area contributed by atoms with Gasteiger partial charge < -0.3 is 20.4 Å². The summed E-state index contributed by atoms with van der Waals surface area (Å²) >= 11 is 0. The largest absolute Gasteiger partial charge is 0.481 e. The molecule has 4 N–H and O–H groups in total. The van der Waals surface area contributed by atoms with Crippen LogP contribution in [0.25, 0.3) is 22.3 Å². The molecule has 0 fully saturated rings. The lowest BCUT2D eigenvalue weighted by Crippen LogP contribution is -2.07.